The number of halogens is 4. The maximum atomic E-state index is 13.4. The molecule has 3 aromatic rings. The molecule has 1 amide bonds. The Labute approximate surface area is 220 Å². The van der Waals surface area contributed by atoms with E-state index in [1.54, 1.807) is 34.1 Å². The summed E-state index contributed by atoms with van der Waals surface area (Å²) < 4.78 is 39.2. The molecule has 0 unspecified atom stereocenters. The Bertz CT molecular complexity index is 1440. The van der Waals surface area contributed by atoms with Gasteiger partial charge in [-0.2, -0.15) is 13.2 Å². The third-order valence-electron chi connectivity index (χ3n) is 6.50. The lowest BCUT2D eigenvalue weighted by molar-refractivity contribution is -0.384. The van der Waals surface area contributed by atoms with Crippen LogP contribution >= 0.6 is 11.6 Å². The lowest BCUT2D eigenvalue weighted by Gasteiger charge is -2.37. The molecule has 2 heterocycles. The Morgan fingerprint density at radius 2 is 1.68 bits per heavy atom. The van der Waals surface area contributed by atoms with Gasteiger partial charge < -0.3 is 4.90 Å². The van der Waals surface area contributed by atoms with Crippen molar-refractivity contribution in [2.75, 3.05) is 42.6 Å². The fourth-order valence-electron chi connectivity index (χ4n) is 4.63. The van der Waals surface area contributed by atoms with E-state index in [4.69, 9.17) is 11.6 Å². The highest BCUT2D eigenvalue weighted by molar-refractivity contribution is 6.54. The zero-order valence-corrected chi connectivity index (χ0v) is 20.6. The van der Waals surface area contributed by atoms with Crippen LogP contribution in [-0.2, 0) is 11.0 Å². The monoisotopic (exact) mass is 543 g/mol. The number of amides is 1. The first kappa shape index (κ1) is 25.7. The second kappa shape index (κ2) is 10.1. The molecular formula is C26H21ClF3N5O3. The van der Waals surface area contributed by atoms with Crippen molar-refractivity contribution in [2.24, 2.45) is 4.99 Å². The molecule has 0 aromatic heterocycles. The minimum absolute atomic E-state index is 0.140. The fourth-order valence-corrected chi connectivity index (χ4v) is 4.81. The highest BCUT2D eigenvalue weighted by atomic mass is 35.5. The number of benzene rings is 3. The fraction of sp³-hybridized carbons (Fsp3) is 0.231. The molecule has 12 heteroatoms. The van der Waals surface area contributed by atoms with Crippen LogP contribution in [0.1, 0.15) is 11.1 Å². The molecule has 2 aliphatic heterocycles. The summed E-state index contributed by atoms with van der Waals surface area (Å²) >= 11 is 6.07. The summed E-state index contributed by atoms with van der Waals surface area (Å²) in [5.41, 5.74) is 0.787. The van der Waals surface area contributed by atoms with Gasteiger partial charge in [0.25, 0.3) is 11.6 Å². The number of alkyl halides is 3. The third kappa shape index (κ3) is 5.07. The average Bonchev–Trinajstić information content (AvgIpc) is 3.14. The van der Waals surface area contributed by atoms with Crippen molar-refractivity contribution in [2.45, 2.75) is 6.18 Å². The van der Waals surface area contributed by atoms with Crippen LogP contribution in [0.15, 0.2) is 71.7 Å². The molecule has 0 N–H and O–H groups in total. The number of para-hydroxylation sites is 1. The van der Waals surface area contributed by atoms with Gasteiger partial charge in [0.2, 0.25) is 0 Å². The number of nitrogens with zero attached hydrogens (tertiary/aromatic N) is 5. The van der Waals surface area contributed by atoms with Crippen molar-refractivity contribution in [3.05, 3.63) is 93.0 Å². The van der Waals surface area contributed by atoms with Gasteiger partial charge in [0, 0.05) is 42.8 Å². The number of anilines is 2. The summed E-state index contributed by atoms with van der Waals surface area (Å²) in [4.78, 5) is 34.0. The number of aliphatic imine (C=N–C) groups is 1. The Kier molecular flexibility index (Phi) is 6.80. The zero-order valence-electron chi connectivity index (χ0n) is 19.9. The van der Waals surface area contributed by atoms with Crippen molar-refractivity contribution in [1.82, 2.24) is 4.90 Å². The molecule has 5 rings (SSSR count). The summed E-state index contributed by atoms with van der Waals surface area (Å²) in [5, 5.41) is 12.0. The molecule has 3 aromatic carbocycles. The molecule has 0 spiro atoms. The zero-order chi connectivity index (χ0) is 27.0. The number of nitro groups is 1. The largest absolute Gasteiger partial charge is 0.416 e. The molecule has 0 radical (unpaired) electrons. The molecule has 1 fully saturated rings. The van der Waals surface area contributed by atoms with Gasteiger partial charge in [-0.25, -0.2) is 4.99 Å². The van der Waals surface area contributed by atoms with E-state index in [-0.39, 0.29) is 18.3 Å². The summed E-state index contributed by atoms with van der Waals surface area (Å²) in [6.07, 6.45) is -4.67. The number of rotatable bonds is 5. The molecule has 0 aliphatic carbocycles. The standard InChI is InChI=1S/C26H21ClF3N5O3/c27-18-4-3-5-19(15-18)31-24-20-6-1-2-7-21(20)34(25(24)36)16-32-10-12-33(13-11-32)22-9-8-17(26(28,29)30)14-23(22)35(37)38/h1-9,14-15H,10-13,16H2. The van der Waals surface area contributed by atoms with Crippen molar-refractivity contribution in [3.8, 4) is 0 Å². The van der Waals surface area contributed by atoms with Crippen LogP contribution in [-0.4, -0.2) is 54.3 Å². The van der Waals surface area contributed by atoms with E-state index in [9.17, 15) is 28.1 Å². The first-order valence-electron chi connectivity index (χ1n) is 11.7. The van der Waals surface area contributed by atoms with Crippen molar-refractivity contribution in [1.29, 1.82) is 0 Å². The summed E-state index contributed by atoms with van der Waals surface area (Å²) in [6, 6.07) is 16.8. The maximum absolute atomic E-state index is 13.4. The van der Waals surface area contributed by atoms with E-state index in [0.29, 0.717) is 54.2 Å². The topological polar surface area (TPSA) is 82.3 Å². The first-order valence-corrected chi connectivity index (χ1v) is 12.1. The van der Waals surface area contributed by atoms with E-state index in [2.05, 4.69) is 4.99 Å². The summed E-state index contributed by atoms with van der Waals surface area (Å²) in [5.74, 6) is -0.257. The molecular weight excluding hydrogens is 523 g/mol. The highest BCUT2D eigenvalue weighted by Crippen LogP contribution is 2.37. The highest BCUT2D eigenvalue weighted by Gasteiger charge is 2.37. The molecule has 0 bridgehead atoms. The second-order valence-electron chi connectivity index (χ2n) is 8.90. The lowest BCUT2D eigenvalue weighted by atomic mass is 10.1. The molecule has 8 nitrogen and oxygen atoms in total. The van der Waals surface area contributed by atoms with Crippen LogP contribution in [0.2, 0.25) is 5.02 Å². The number of hydrogen-bond donors (Lipinski definition) is 0. The Morgan fingerprint density at radius 3 is 2.37 bits per heavy atom. The van der Waals surface area contributed by atoms with Crippen LogP contribution in [0.5, 0.6) is 0 Å². The summed E-state index contributed by atoms with van der Waals surface area (Å²) in [7, 11) is 0. The van der Waals surface area contributed by atoms with Gasteiger partial charge in [0.1, 0.15) is 11.4 Å². The van der Waals surface area contributed by atoms with Crippen LogP contribution < -0.4 is 9.80 Å². The van der Waals surface area contributed by atoms with E-state index >= 15 is 0 Å². The van der Waals surface area contributed by atoms with Gasteiger partial charge in [-0.3, -0.25) is 24.7 Å². The van der Waals surface area contributed by atoms with Gasteiger partial charge in [-0.1, -0.05) is 35.9 Å². The van der Waals surface area contributed by atoms with Gasteiger partial charge in [-0.15, -0.1) is 0 Å². The number of fused-ring (bicyclic) bond motifs is 1. The first-order chi connectivity index (χ1) is 18.1. The minimum Gasteiger partial charge on any atom is -0.363 e. The number of hydrogen-bond acceptors (Lipinski definition) is 6. The lowest BCUT2D eigenvalue weighted by Crippen LogP contribution is -2.51. The third-order valence-corrected chi connectivity index (χ3v) is 6.74. The number of nitro benzene ring substituents is 1. The quantitative estimate of drug-likeness (QED) is 0.313. The van der Waals surface area contributed by atoms with E-state index < -0.39 is 22.4 Å². The summed E-state index contributed by atoms with van der Waals surface area (Å²) in [6.45, 7) is 1.86. The van der Waals surface area contributed by atoms with Gasteiger partial charge in [0.15, 0.2) is 0 Å². The molecule has 1 saturated heterocycles. The van der Waals surface area contributed by atoms with Crippen LogP contribution in [0.25, 0.3) is 0 Å². The molecule has 196 valence electrons. The minimum atomic E-state index is -4.67. The van der Waals surface area contributed by atoms with Crippen LogP contribution in [0.4, 0.5) is 35.9 Å². The van der Waals surface area contributed by atoms with Gasteiger partial charge in [0.05, 0.1) is 28.5 Å². The SMILES string of the molecule is O=C1C(=Nc2cccc(Cl)c2)c2ccccc2N1CN1CCN(c2ccc(C(F)(F)F)cc2[N+](=O)[O-])CC1. The molecule has 0 atom stereocenters. The molecule has 38 heavy (non-hydrogen) atoms. The van der Waals surface area contributed by atoms with Crippen molar-refractivity contribution >= 4 is 46.0 Å². The predicted octanol–water partition coefficient (Wildman–Crippen LogP) is 5.51. The van der Waals surface area contributed by atoms with E-state index in [1.807, 2.05) is 29.2 Å². The number of carbonyl (C=O) groups is 1. The molecule has 0 saturated carbocycles. The van der Waals surface area contributed by atoms with Gasteiger partial charge in [-0.05, 0) is 36.4 Å². The Balaban J connectivity index is 1.32. The Hall–Kier alpha value is -3.96. The van der Waals surface area contributed by atoms with Crippen LogP contribution in [0, 0.1) is 10.1 Å². The Morgan fingerprint density at radius 1 is 0.947 bits per heavy atom. The smallest absolute Gasteiger partial charge is 0.363 e. The van der Waals surface area contributed by atoms with Crippen molar-refractivity contribution < 1.29 is 22.9 Å². The number of carbonyl (C=O) groups excluding carboxylic acids is 1. The normalized spacial score (nSPS) is 17.3. The van der Waals surface area contributed by atoms with Crippen molar-refractivity contribution in [3.63, 3.8) is 0 Å². The van der Waals surface area contributed by atoms with Crippen LogP contribution in [0.3, 0.4) is 0 Å². The van der Waals surface area contributed by atoms with E-state index in [1.165, 1.54) is 0 Å². The average molecular weight is 544 g/mol. The number of piperazine rings is 1. The molecule has 2 aliphatic rings. The van der Waals surface area contributed by atoms with Gasteiger partial charge >= 0.3 is 6.18 Å². The maximum Gasteiger partial charge on any atom is 0.416 e. The predicted molar refractivity (Wildman–Crippen MR) is 138 cm³/mol. The second-order valence-corrected chi connectivity index (χ2v) is 9.33. The van der Waals surface area contributed by atoms with E-state index in [0.717, 1.165) is 17.8 Å².